The van der Waals surface area contributed by atoms with Crippen LogP contribution < -0.4 is 4.90 Å². The number of nitrogens with zero attached hydrogens (tertiary/aromatic N) is 6. The highest BCUT2D eigenvalue weighted by Gasteiger charge is 2.32. The number of anilines is 1. The molecule has 3 aromatic rings. The fourth-order valence-corrected chi connectivity index (χ4v) is 4.31. The van der Waals surface area contributed by atoms with E-state index in [2.05, 4.69) is 41.1 Å². The standard InChI is InChI=1S/C16H18N6S/c1-2-11(14-20-19-10-22(14)12-3-4-12)8-21(6-1)15-13-5-7-23-16(13)18-9-17-15/h5,7,9-12H,1-4,6,8H2. The van der Waals surface area contributed by atoms with Crippen molar-refractivity contribution in [3.8, 4) is 0 Å². The third-order valence-corrected chi connectivity index (χ3v) is 5.69. The Morgan fingerprint density at radius 3 is 3.04 bits per heavy atom. The third-order valence-electron chi connectivity index (χ3n) is 4.87. The Kier molecular flexibility index (Phi) is 3.07. The number of hydrogen-bond donors (Lipinski definition) is 0. The lowest BCUT2D eigenvalue weighted by molar-refractivity contribution is 0.469. The quantitative estimate of drug-likeness (QED) is 0.740. The van der Waals surface area contributed by atoms with Crippen molar-refractivity contribution in [2.75, 3.05) is 18.0 Å². The average Bonchev–Trinajstić information content (AvgIpc) is 3.12. The summed E-state index contributed by atoms with van der Waals surface area (Å²) in [7, 11) is 0. The van der Waals surface area contributed by atoms with Crippen LogP contribution in [0.1, 0.15) is 43.5 Å². The summed E-state index contributed by atoms with van der Waals surface area (Å²) < 4.78 is 2.30. The predicted octanol–water partition coefficient (Wildman–Crippen LogP) is 3.00. The average molecular weight is 326 g/mol. The molecule has 23 heavy (non-hydrogen) atoms. The SMILES string of the molecule is c1nc(N2CCCC(c3nncn3C3CC3)C2)c2ccsc2n1. The molecule has 1 atom stereocenters. The number of aromatic nitrogens is 5. The van der Waals surface area contributed by atoms with Gasteiger partial charge in [-0.3, -0.25) is 0 Å². The van der Waals surface area contributed by atoms with Crippen LogP contribution in [0.15, 0.2) is 24.1 Å². The van der Waals surface area contributed by atoms with E-state index in [0.29, 0.717) is 12.0 Å². The smallest absolute Gasteiger partial charge is 0.140 e. The van der Waals surface area contributed by atoms with Gasteiger partial charge in [0.1, 0.15) is 29.1 Å². The molecule has 6 nitrogen and oxygen atoms in total. The van der Waals surface area contributed by atoms with Gasteiger partial charge in [-0.1, -0.05) is 0 Å². The second-order valence-electron chi connectivity index (χ2n) is 6.45. The highest BCUT2D eigenvalue weighted by Crippen LogP contribution is 2.39. The molecule has 0 spiro atoms. The Morgan fingerprint density at radius 1 is 1.17 bits per heavy atom. The number of rotatable bonds is 3. The third kappa shape index (κ3) is 2.30. The molecule has 118 valence electrons. The van der Waals surface area contributed by atoms with Gasteiger partial charge in [0.2, 0.25) is 0 Å². The zero-order valence-electron chi connectivity index (χ0n) is 12.8. The van der Waals surface area contributed by atoms with Gasteiger partial charge in [0.25, 0.3) is 0 Å². The first-order valence-electron chi connectivity index (χ1n) is 8.22. The van der Waals surface area contributed by atoms with Crippen molar-refractivity contribution in [3.05, 3.63) is 29.9 Å². The Labute approximate surface area is 138 Å². The minimum atomic E-state index is 0.440. The Morgan fingerprint density at radius 2 is 2.13 bits per heavy atom. The van der Waals surface area contributed by atoms with E-state index < -0.39 is 0 Å². The fourth-order valence-electron chi connectivity index (χ4n) is 3.59. The van der Waals surface area contributed by atoms with Crippen molar-refractivity contribution in [3.63, 3.8) is 0 Å². The molecule has 1 saturated carbocycles. The summed E-state index contributed by atoms with van der Waals surface area (Å²) >= 11 is 1.67. The molecule has 1 unspecified atom stereocenters. The highest BCUT2D eigenvalue weighted by molar-refractivity contribution is 7.16. The first kappa shape index (κ1) is 13.4. The van der Waals surface area contributed by atoms with E-state index in [1.165, 1.54) is 24.6 Å². The summed E-state index contributed by atoms with van der Waals surface area (Å²) in [5, 5.41) is 11.9. The predicted molar refractivity (Wildman–Crippen MR) is 89.9 cm³/mol. The summed E-state index contributed by atoms with van der Waals surface area (Å²) in [6, 6.07) is 2.77. The number of fused-ring (bicyclic) bond motifs is 1. The van der Waals surface area contributed by atoms with Gasteiger partial charge >= 0.3 is 0 Å². The minimum absolute atomic E-state index is 0.440. The Hall–Kier alpha value is -2.02. The van der Waals surface area contributed by atoms with Gasteiger partial charge in [-0.25, -0.2) is 9.97 Å². The van der Waals surface area contributed by atoms with Crippen LogP contribution in [0.4, 0.5) is 5.82 Å². The van der Waals surface area contributed by atoms with Gasteiger partial charge in [0, 0.05) is 25.0 Å². The molecule has 4 heterocycles. The van der Waals surface area contributed by atoms with E-state index in [1.807, 2.05) is 6.33 Å². The molecule has 1 saturated heterocycles. The zero-order valence-corrected chi connectivity index (χ0v) is 13.6. The van der Waals surface area contributed by atoms with E-state index in [4.69, 9.17) is 0 Å². The molecular weight excluding hydrogens is 308 g/mol. The lowest BCUT2D eigenvalue weighted by Gasteiger charge is -2.33. The highest BCUT2D eigenvalue weighted by atomic mass is 32.1. The van der Waals surface area contributed by atoms with E-state index >= 15 is 0 Å². The molecule has 1 aliphatic heterocycles. The number of piperidine rings is 1. The van der Waals surface area contributed by atoms with Gasteiger partial charge in [-0.2, -0.15) is 0 Å². The molecule has 0 radical (unpaired) electrons. The molecular formula is C16H18N6S. The van der Waals surface area contributed by atoms with E-state index in [9.17, 15) is 0 Å². The van der Waals surface area contributed by atoms with Crippen LogP contribution in [0.2, 0.25) is 0 Å². The molecule has 0 N–H and O–H groups in total. The molecule has 2 aliphatic rings. The lowest BCUT2D eigenvalue weighted by Crippen LogP contribution is -2.36. The fraction of sp³-hybridized carbons (Fsp3) is 0.500. The van der Waals surface area contributed by atoms with Crippen LogP contribution in [0, 0.1) is 0 Å². The number of hydrogen-bond acceptors (Lipinski definition) is 6. The second-order valence-corrected chi connectivity index (χ2v) is 7.34. The summed E-state index contributed by atoms with van der Waals surface area (Å²) in [6.45, 7) is 2.02. The van der Waals surface area contributed by atoms with Gasteiger partial charge in [0.15, 0.2) is 0 Å². The van der Waals surface area contributed by atoms with Gasteiger partial charge < -0.3 is 9.47 Å². The van der Waals surface area contributed by atoms with Crippen molar-refractivity contribution >= 4 is 27.4 Å². The summed E-state index contributed by atoms with van der Waals surface area (Å²) in [4.78, 5) is 12.4. The van der Waals surface area contributed by atoms with Crippen molar-refractivity contribution in [1.29, 1.82) is 0 Å². The van der Waals surface area contributed by atoms with Crippen LogP contribution >= 0.6 is 11.3 Å². The molecule has 3 aromatic heterocycles. The van der Waals surface area contributed by atoms with Gasteiger partial charge in [0.05, 0.1) is 5.39 Å². The van der Waals surface area contributed by atoms with Crippen LogP contribution in [0.3, 0.4) is 0 Å². The Balaban J connectivity index is 1.46. The van der Waals surface area contributed by atoms with E-state index in [0.717, 1.165) is 36.0 Å². The molecule has 7 heteroatoms. The first-order chi connectivity index (χ1) is 11.4. The molecule has 2 fully saturated rings. The molecule has 5 rings (SSSR count). The topological polar surface area (TPSA) is 59.7 Å². The minimum Gasteiger partial charge on any atom is -0.355 e. The number of thiophene rings is 1. The van der Waals surface area contributed by atoms with E-state index in [1.54, 1.807) is 17.7 Å². The maximum atomic E-state index is 4.57. The van der Waals surface area contributed by atoms with Crippen molar-refractivity contribution < 1.29 is 0 Å². The van der Waals surface area contributed by atoms with Crippen LogP contribution in [0.5, 0.6) is 0 Å². The molecule has 1 aliphatic carbocycles. The van der Waals surface area contributed by atoms with Crippen LogP contribution in [-0.2, 0) is 0 Å². The molecule has 0 amide bonds. The van der Waals surface area contributed by atoms with E-state index in [-0.39, 0.29) is 0 Å². The van der Waals surface area contributed by atoms with Gasteiger partial charge in [-0.15, -0.1) is 21.5 Å². The maximum absolute atomic E-state index is 4.57. The second kappa shape index (κ2) is 5.26. The van der Waals surface area contributed by atoms with Crippen molar-refractivity contribution in [2.45, 2.75) is 37.6 Å². The Bertz CT molecular complexity index is 836. The molecule has 0 bridgehead atoms. The largest absolute Gasteiger partial charge is 0.355 e. The normalized spacial score (nSPS) is 21.9. The lowest BCUT2D eigenvalue weighted by atomic mass is 9.97. The monoisotopic (exact) mass is 326 g/mol. The van der Waals surface area contributed by atoms with Crippen molar-refractivity contribution in [1.82, 2.24) is 24.7 Å². The van der Waals surface area contributed by atoms with Crippen LogP contribution in [0.25, 0.3) is 10.2 Å². The van der Waals surface area contributed by atoms with Gasteiger partial charge in [-0.05, 0) is 37.1 Å². The summed E-state index contributed by atoms with van der Waals surface area (Å²) in [6.07, 6.45) is 8.47. The summed E-state index contributed by atoms with van der Waals surface area (Å²) in [5.74, 6) is 2.67. The zero-order chi connectivity index (χ0) is 15.2. The molecule has 0 aromatic carbocycles. The summed E-state index contributed by atoms with van der Waals surface area (Å²) in [5.41, 5.74) is 0. The first-order valence-corrected chi connectivity index (χ1v) is 9.10. The maximum Gasteiger partial charge on any atom is 0.140 e. The van der Waals surface area contributed by atoms with Crippen LogP contribution in [-0.4, -0.2) is 37.8 Å². The van der Waals surface area contributed by atoms with Crippen molar-refractivity contribution in [2.24, 2.45) is 0 Å².